The first-order valence-electron chi connectivity index (χ1n) is 12.2. The van der Waals surface area contributed by atoms with Crippen molar-refractivity contribution in [3.8, 4) is 5.75 Å². The van der Waals surface area contributed by atoms with Gasteiger partial charge in [-0.2, -0.15) is 0 Å². The Morgan fingerprint density at radius 2 is 1.94 bits per heavy atom. The fraction of sp³-hybridized carbons (Fsp3) is 0.481. The maximum absolute atomic E-state index is 13.3. The molecule has 2 aromatic rings. The van der Waals surface area contributed by atoms with Crippen LogP contribution in [0.1, 0.15) is 38.4 Å². The molecule has 34 heavy (non-hydrogen) atoms. The second kappa shape index (κ2) is 8.01. The highest BCUT2D eigenvalue weighted by Crippen LogP contribution is 2.52. The summed E-state index contributed by atoms with van der Waals surface area (Å²) in [5.74, 6) is 1.41. The molecular formula is C27H31N3O4. The number of ether oxygens (including phenoxy) is 2. The quantitative estimate of drug-likeness (QED) is 0.740. The maximum atomic E-state index is 13.3. The molecule has 1 N–H and O–H groups in total. The van der Waals surface area contributed by atoms with E-state index in [1.807, 2.05) is 52.3 Å². The molecule has 0 radical (unpaired) electrons. The summed E-state index contributed by atoms with van der Waals surface area (Å²) in [5.41, 5.74) is 2.47. The zero-order valence-electron chi connectivity index (χ0n) is 19.7. The van der Waals surface area contributed by atoms with Gasteiger partial charge in [0.25, 0.3) is 0 Å². The Labute approximate surface area is 200 Å². The summed E-state index contributed by atoms with van der Waals surface area (Å²) in [7, 11) is 0. The number of piperidine rings is 1. The number of fused-ring (bicyclic) bond motifs is 5. The summed E-state index contributed by atoms with van der Waals surface area (Å²) in [6.07, 6.45) is 1.98. The van der Waals surface area contributed by atoms with Gasteiger partial charge in [-0.05, 0) is 44.9 Å². The molecule has 4 atom stereocenters. The number of amides is 2. The summed E-state index contributed by atoms with van der Waals surface area (Å²) in [5, 5.41) is 2.89. The second-order valence-electron chi connectivity index (χ2n) is 10.5. The molecule has 0 unspecified atom stereocenters. The lowest BCUT2D eigenvalue weighted by Gasteiger charge is -2.53. The van der Waals surface area contributed by atoms with Gasteiger partial charge >= 0.3 is 0 Å². The normalized spacial score (nSPS) is 29.1. The molecule has 2 amide bonds. The molecular weight excluding hydrogens is 430 g/mol. The SMILES string of the molecule is CC1(C)Oc2ccccc2[C@@H]2O[C@@H]3CCN(C(=O)CN4CC(=O)Nc5ccccc54)C[C@@H]3C[C@H]21. The number of nitrogens with one attached hydrogen (secondary N) is 1. The number of carbonyl (C=O) groups excluding carboxylic acids is 2. The maximum Gasteiger partial charge on any atom is 0.243 e. The average molecular weight is 462 g/mol. The highest BCUT2D eigenvalue weighted by Gasteiger charge is 2.51. The van der Waals surface area contributed by atoms with Crippen molar-refractivity contribution in [2.45, 2.75) is 44.5 Å². The van der Waals surface area contributed by atoms with Crippen LogP contribution in [-0.4, -0.2) is 54.6 Å². The lowest BCUT2D eigenvalue weighted by atomic mass is 9.70. The van der Waals surface area contributed by atoms with E-state index in [4.69, 9.17) is 9.47 Å². The van der Waals surface area contributed by atoms with Crippen LogP contribution in [0.15, 0.2) is 48.5 Å². The zero-order chi connectivity index (χ0) is 23.4. The molecule has 0 aromatic heterocycles. The molecule has 178 valence electrons. The molecule has 4 aliphatic heterocycles. The number of carbonyl (C=O) groups is 2. The van der Waals surface area contributed by atoms with Crippen LogP contribution < -0.4 is 15.0 Å². The van der Waals surface area contributed by atoms with Gasteiger partial charge in [0.1, 0.15) is 11.4 Å². The molecule has 0 saturated carbocycles. The lowest BCUT2D eigenvalue weighted by Crippen LogP contribution is -2.57. The van der Waals surface area contributed by atoms with Gasteiger partial charge in [-0.15, -0.1) is 0 Å². The van der Waals surface area contributed by atoms with E-state index in [2.05, 4.69) is 25.2 Å². The summed E-state index contributed by atoms with van der Waals surface area (Å²) in [6, 6.07) is 15.9. The molecule has 0 spiro atoms. The van der Waals surface area contributed by atoms with Gasteiger partial charge in [0, 0.05) is 30.5 Å². The average Bonchev–Trinajstić information content (AvgIpc) is 2.82. The fourth-order valence-corrected chi connectivity index (χ4v) is 6.19. The molecule has 4 heterocycles. The monoisotopic (exact) mass is 461 g/mol. The molecule has 7 nitrogen and oxygen atoms in total. The Balaban J connectivity index is 1.17. The predicted molar refractivity (Wildman–Crippen MR) is 129 cm³/mol. The zero-order valence-corrected chi connectivity index (χ0v) is 19.7. The van der Waals surface area contributed by atoms with E-state index in [9.17, 15) is 9.59 Å². The van der Waals surface area contributed by atoms with Gasteiger partial charge in [0.05, 0.1) is 36.7 Å². The highest BCUT2D eigenvalue weighted by molar-refractivity contribution is 6.02. The van der Waals surface area contributed by atoms with Crippen molar-refractivity contribution in [2.24, 2.45) is 11.8 Å². The molecule has 4 aliphatic rings. The van der Waals surface area contributed by atoms with Crippen molar-refractivity contribution in [1.82, 2.24) is 4.90 Å². The minimum absolute atomic E-state index is 0.0341. The van der Waals surface area contributed by atoms with Crippen molar-refractivity contribution >= 4 is 23.2 Å². The van der Waals surface area contributed by atoms with Crippen LogP contribution in [0.25, 0.3) is 0 Å². The number of benzene rings is 2. The van der Waals surface area contributed by atoms with E-state index in [0.717, 1.165) is 35.5 Å². The van der Waals surface area contributed by atoms with Crippen LogP contribution in [0, 0.1) is 11.8 Å². The minimum Gasteiger partial charge on any atom is -0.487 e. The molecule has 2 aromatic carbocycles. The van der Waals surface area contributed by atoms with Crippen molar-refractivity contribution in [2.75, 3.05) is 36.4 Å². The van der Waals surface area contributed by atoms with E-state index < -0.39 is 0 Å². The smallest absolute Gasteiger partial charge is 0.243 e. The van der Waals surface area contributed by atoms with Crippen molar-refractivity contribution in [3.63, 3.8) is 0 Å². The first-order chi connectivity index (χ1) is 16.4. The summed E-state index contributed by atoms with van der Waals surface area (Å²) in [6.45, 7) is 6.06. The van der Waals surface area contributed by atoms with Gasteiger partial charge in [0.2, 0.25) is 11.8 Å². The molecule has 7 heteroatoms. The number of anilines is 2. The van der Waals surface area contributed by atoms with Crippen LogP contribution in [-0.2, 0) is 14.3 Å². The Hall–Kier alpha value is -3.06. The van der Waals surface area contributed by atoms with E-state index in [-0.39, 0.29) is 54.5 Å². The number of para-hydroxylation sites is 3. The Kier molecular flexibility index (Phi) is 5.06. The van der Waals surface area contributed by atoms with Crippen molar-refractivity contribution < 1.29 is 19.1 Å². The third kappa shape index (κ3) is 3.63. The minimum atomic E-state index is -0.332. The van der Waals surface area contributed by atoms with E-state index in [1.165, 1.54) is 0 Å². The first kappa shape index (κ1) is 21.5. The number of hydrogen-bond acceptors (Lipinski definition) is 5. The van der Waals surface area contributed by atoms with Gasteiger partial charge in [-0.25, -0.2) is 0 Å². The lowest BCUT2D eigenvalue weighted by molar-refractivity contribution is -0.188. The standard InChI is InChI=1S/C27H31N3O4/c1-27(2)19-13-17-14-29(12-11-22(17)33-26(19)18-7-3-6-10-23(18)34-27)25(32)16-30-15-24(31)28-20-8-4-5-9-21(20)30/h3-10,17,19,22,26H,11-16H2,1-2H3,(H,28,31)/t17-,19+,22+,26-/m0/s1. The topological polar surface area (TPSA) is 71.1 Å². The number of likely N-dealkylation sites (tertiary alicyclic amines) is 1. The van der Waals surface area contributed by atoms with Crippen LogP contribution in [0.3, 0.4) is 0 Å². The summed E-state index contributed by atoms with van der Waals surface area (Å²) in [4.78, 5) is 29.3. The van der Waals surface area contributed by atoms with E-state index >= 15 is 0 Å². The van der Waals surface area contributed by atoms with Crippen LogP contribution in [0.4, 0.5) is 11.4 Å². The third-order valence-electron chi connectivity index (χ3n) is 7.93. The van der Waals surface area contributed by atoms with Gasteiger partial charge in [0.15, 0.2) is 0 Å². The summed E-state index contributed by atoms with van der Waals surface area (Å²) >= 11 is 0. The van der Waals surface area contributed by atoms with Gasteiger partial charge in [-0.3, -0.25) is 9.59 Å². The van der Waals surface area contributed by atoms with Crippen molar-refractivity contribution in [3.05, 3.63) is 54.1 Å². The molecule has 2 saturated heterocycles. The van der Waals surface area contributed by atoms with Gasteiger partial charge in [-0.1, -0.05) is 30.3 Å². The predicted octanol–water partition coefficient (Wildman–Crippen LogP) is 3.61. The molecule has 0 bridgehead atoms. The Morgan fingerprint density at radius 3 is 2.82 bits per heavy atom. The largest absolute Gasteiger partial charge is 0.487 e. The van der Waals surface area contributed by atoms with E-state index in [0.29, 0.717) is 13.1 Å². The van der Waals surface area contributed by atoms with Crippen LogP contribution >= 0.6 is 0 Å². The first-order valence-corrected chi connectivity index (χ1v) is 12.2. The van der Waals surface area contributed by atoms with Crippen molar-refractivity contribution in [1.29, 1.82) is 0 Å². The van der Waals surface area contributed by atoms with Gasteiger partial charge < -0.3 is 24.6 Å². The molecule has 2 fully saturated rings. The molecule has 0 aliphatic carbocycles. The molecule has 6 rings (SSSR count). The highest BCUT2D eigenvalue weighted by atomic mass is 16.5. The van der Waals surface area contributed by atoms with Crippen LogP contribution in [0.2, 0.25) is 0 Å². The number of nitrogens with zero attached hydrogens (tertiary/aromatic N) is 2. The summed E-state index contributed by atoms with van der Waals surface area (Å²) < 4.78 is 13.1. The Bertz CT molecular complexity index is 1130. The Morgan fingerprint density at radius 1 is 1.15 bits per heavy atom. The number of rotatable bonds is 2. The van der Waals surface area contributed by atoms with Crippen LogP contribution in [0.5, 0.6) is 5.75 Å². The fourth-order valence-electron chi connectivity index (χ4n) is 6.19. The second-order valence-corrected chi connectivity index (χ2v) is 10.5. The number of hydrogen-bond donors (Lipinski definition) is 1. The van der Waals surface area contributed by atoms with E-state index in [1.54, 1.807) is 0 Å². The third-order valence-corrected chi connectivity index (χ3v) is 7.93.